The van der Waals surface area contributed by atoms with E-state index < -0.39 is 12.8 Å². The number of rotatable bonds is 7. The van der Waals surface area contributed by atoms with E-state index in [9.17, 15) is 13.2 Å². The Morgan fingerprint density at radius 2 is 2.29 bits per heavy atom. The van der Waals surface area contributed by atoms with Crippen molar-refractivity contribution >= 4 is 0 Å². The van der Waals surface area contributed by atoms with Gasteiger partial charge in [-0.3, -0.25) is 4.98 Å². The molecule has 1 aromatic heterocycles. The van der Waals surface area contributed by atoms with Crippen molar-refractivity contribution in [3.63, 3.8) is 0 Å². The lowest BCUT2D eigenvalue weighted by molar-refractivity contribution is -0.174. The molecule has 0 saturated carbocycles. The number of fused-ring (bicyclic) bond motifs is 1. The number of hydrogen-bond acceptors (Lipinski definition) is 3. The van der Waals surface area contributed by atoms with Crippen LogP contribution in [0.25, 0.3) is 0 Å². The molecule has 1 aliphatic rings. The molecule has 2 atom stereocenters. The molecule has 21 heavy (non-hydrogen) atoms. The summed E-state index contributed by atoms with van der Waals surface area (Å²) in [5.41, 5.74) is 2.33. The minimum Gasteiger partial charge on any atom is -0.372 e. The highest BCUT2D eigenvalue weighted by Gasteiger charge is 2.31. The second-order valence-corrected chi connectivity index (χ2v) is 5.31. The number of nitrogens with zero attached hydrogens (tertiary/aromatic N) is 1. The van der Waals surface area contributed by atoms with Gasteiger partial charge in [-0.15, -0.1) is 0 Å². The molecule has 0 aromatic carbocycles. The van der Waals surface area contributed by atoms with Crippen LogP contribution in [0.15, 0.2) is 18.3 Å². The summed E-state index contributed by atoms with van der Waals surface area (Å²) in [4.78, 5) is 4.45. The van der Waals surface area contributed by atoms with Crippen LogP contribution in [0.1, 0.15) is 36.9 Å². The zero-order chi connectivity index (χ0) is 15.3. The van der Waals surface area contributed by atoms with Crippen LogP contribution in [-0.4, -0.2) is 37.0 Å². The molecule has 0 saturated heterocycles. The minimum atomic E-state index is -4.25. The quantitative estimate of drug-likeness (QED) is 0.786. The highest BCUT2D eigenvalue weighted by atomic mass is 19.4. The third-order valence-corrected chi connectivity index (χ3v) is 3.79. The Kier molecular flexibility index (Phi) is 5.58. The Morgan fingerprint density at radius 1 is 1.48 bits per heavy atom. The first-order valence-electron chi connectivity index (χ1n) is 7.33. The van der Waals surface area contributed by atoms with Gasteiger partial charge in [-0.05, 0) is 37.4 Å². The van der Waals surface area contributed by atoms with Crippen molar-refractivity contribution in [3.05, 3.63) is 29.6 Å². The zero-order valence-electron chi connectivity index (χ0n) is 12.1. The molecule has 6 heteroatoms. The molecule has 0 bridgehead atoms. The van der Waals surface area contributed by atoms with Crippen LogP contribution in [0.5, 0.6) is 0 Å². The number of nitrogens with one attached hydrogen (secondary N) is 1. The van der Waals surface area contributed by atoms with E-state index >= 15 is 0 Å². The number of pyridine rings is 1. The van der Waals surface area contributed by atoms with Gasteiger partial charge < -0.3 is 10.1 Å². The molecule has 118 valence electrons. The summed E-state index contributed by atoms with van der Waals surface area (Å²) in [6, 6.07) is 4.11. The SMILES string of the molecule is CCNC(CCOCC(F)(F)F)C1CCc2cccnc21. The van der Waals surface area contributed by atoms with Crippen LogP contribution < -0.4 is 5.32 Å². The number of ether oxygens (including phenoxy) is 1. The van der Waals surface area contributed by atoms with Gasteiger partial charge in [0.25, 0.3) is 0 Å². The molecule has 0 spiro atoms. The summed E-state index contributed by atoms with van der Waals surface area (Å²) in [5, 5.41) is 3.36. The second kappa shape index (κ2) is 7.22. The molecule has 3 nitrogen and oxygen atoms in total. The summed E-state index contributed by atoms with van der Waals surface area (Å²) in [6.07, 6.45) is 0.0581. The fourth-order valence-electron chi connectivity index (χ4n) is 2.94. The van der Waals surface area contributed by atoms with Crippen molar-refractivity contribution in [1.29, 1.82) is 0 Å². The van der Waals surface area contributed by atoms with Gasteiger partial charge in [0.05, 0.1) is 0 Å². The first-order valence-corrected chi connectivity index (χ1v) is 7.33. The topological polar surface area (TPSA) is 34.1 Å². The summed E-state index contributed by atoms with van der Waals surface area (Å²) in [7, 11) is 0. The van der Waals surface area contributed by atoms with E-state index in [0.717, 1.165) is 25.1 Å². The van der Waals surface area contributed by atoms with Crippen molar-refractivity contribution in [1.82, 2.24) is 10.3 Å². The van der Waals surface area contributed by atoms with Crippen molar-refractivity contribution in [2.45, 2.75) is 44.3 Å². The Balaban J connectivity index is 1.91. The van der Waals surface area contributed by atoms with Gasteiger partial charge in [-0.2, -0.15) is 13.2 Å². The van der Waals surface area contributed by atoms with Crippen LogP contribution in [0.4, 0.5) is 13.2 Å². The molecule has 1 N–H and O–H groups in total. The third-order valence-electron chi connectivity index (χ3n) is 3.79. The predicted octanol–water partition coefficient (Wildman–Crippen LogP) is 3.06. The summed E-state index contributed by atoms with van der Waals surface area (Å²) >= 11 is 0. The number of aromatic nitrogens is 1. The van der Waals surface area contributed by atoms with Crippen molar-refractivity contribution in [2.75, 3.05) is 19.8 Å². The maximum Gasteiger partial charge on any atom is 0.411 e. The van der Waals surface area contributed by atoms with E-state index in [-0.39, 0.29) is 18.6 Å². The maximum atomic E-state index is 12.1. The first-order chi connectivity index (χ1) is 10.0. The smallest absolute Gasteiger partial charge is 0.372 e. The van der Waals surface area contributed by atoms with Crippen molar-refractivity contribution in [2.24, 2.45) is 0 Å². The molecule has 2 unspecified atom stereocenters. The second-order valence-electron chi connectivity index (χ2n) is 5.31. The average Bonchev–Trinajstić information content (AvgIpc) is 2.85. The number of hydrogen-bond donors (Lipinski definition) is 1. The van der Waals surface area contributed by atoms with Crippen LogP contribution in [-0.2, 0) is 11.2 Å². The molecule has 1 aliphatic carbocycles. The molecule has 0 aliphatic heterocycles. The highest BCUT2D eigenvalue weighted by molar-refractivity contribution is 5.29. The Hall–Kier alpha value is -1.14. The van der Waals surface area contributed by atoms with Crippen molar-refractivity contribution < 1.29 is 17.9 Å². The van der Waals surface area contributed by atoms with E-state index in [4.69, 9.17) is 4.74 Å². The van der Waals surface area contributed by atoms with E-state index in [0.29, 0.717) is 6.42 Å². The fourth-order valence-corrected chi connectivity index (χ4v) is 2.94. The number of aryl methyl sites for hydroxylation is 1. The van der Waals surface area contributed by atoms with E-state index in [1.165, 1.54) is 5.56 Å². The Morgan fingerprint density at radius 3 is 3.00 bits per heavy atom. The molecule has 0 radical (unpaired) electrons. The van der Waals surface area contributed by atoms with Crippen LogP contribution in [0.2, 0.25) is 0 Å². The van der Waals surface area contributed by atoms with Gasteiger partial charge in [0.1, 0.15) is 6.61 Å². The summed E-state index contributed by atoms with van der Waals surface area (Å²) in [6.45, 7) is 1.71. The molecule has 1 aromatic rings. The predicted molar refractivity (Wildman–Crippen MR) is 74.3 cm³/mol. The fraction of sp³-hybridized carbons (Fsp3) is 0.667. The van der Waals surface area contributed by atoms with Crippen LogP contribution in [0.3, 0.4) is 0 Å². The van der Waals surface area contributed by atoms with Gasteiger partial charge >= 0.3 is 6.18 Å². The van der Waals surface area contributed by atoms with Crippen molar-refractivity contribution in [3.8, 4) is 0 Å². The molecular formula is C15H21F3N2O. The zero-order valence-corrected chi connectivity index (χ0v) is 12.1. The number of likely N-dealkylation sites (N-methyl/N-ethyl adjacent to an activating group) is 1. The van der Waals surface area contributed by atoms with E-state index in [2.05, 4.69) is 16.4 Å². The third kappa shape index (κ3) is 4.68. The van der Waals surface area contributed by atoms with Gasteiger partial charge in [0.2, 0.25) is 0 Å². The normalized spacial score (nSPS) is 19.5. The lowest BCUT2D eigenvalue weighted by Crippen LogP contribution is -2.35. The van der Waals surface area contributed by atoms with Gasteiger partial charge in [0, 0.05) is 30.5 Å². The Bertz CT molecular complexity index is 451. The van der Waals surface area contributed by atoms with Gasteiger partial charge in [0.15, 0.2) is 0 Å². The summed E-state index contributed by atoms with van der Waals surface area (Å²) < 4.78 is 41.0. The van der Waals surface area contributed by atoms with E-state index in [1.807, 2.05) is 13.0 Å². The minimum absolute atomic E-state index is 0.107. The lowest BCUT2D eigenvalue weighted by atomic mass is 9.94. The first kappa shape index (κ1) is 16.2. The maximum absolute atomic E-state index is 12.1. The van der Waals surface area contributed by atoms with Crippen LogP contribution >= 0.6 is 0 Å². The number of alkyl halides is 3. The summed E-state index contributed by atoms with van der Waals surface area (Å²) in [5.74, 6) is 0.260. The highest BCUT2D eigenvalue weighted by Crippen LogP contribution is 2.34. The molecule has 1 heterocycles. The van der Waals surface area contributed by atoms with Gasteiger partial charge in [-0.25, -0.2) is 0 Å². The van der Waals surface area contributed by atoms with Crippen LogP contribution in [0, 0.1) is 0 Å². The largest absolute Gasteiger partial charge is 0.411 e. The van der Waals surface area contributed by atoms with E-state index in [1.54, 1.807) is 6.20 Å². The molecule has 2 rings (SSSR count). The standard InChI is InChI=1S/C15H21F3N2O/c1-2-19-13(7-9-21-10-15(16,17)18)12-6-5-11-4-3-8-20-14(11)12/h3-4,8,12-13,19H,2,5-7,9-10H2,1H3. The Labute approximate surface area is 122 Å². The monoisotopic (exact) mass is 302 g/mol. The molecular weight excluding hydrogens is 281 g/mol. The number of halogens is 3. The lowest BCUT2D eigenvalue weighted by Gasteiger charge is -2.24. The molecule has 0 amide bonds. The molecule has 0 fully saturated rings. The average molecular weight is 302 g/mol. The van der Waals surface area contributed by atoms with Gasteiger partial charge in [-0.1, -0.05) is 13.0 Å².